The van der Waals surface area contributed by atoms with Gasteiger partial charge in [-0.15, -0.1) is 0 Å². The van der Waals surface area contributed by atoms with Crippen LogP contribution in [0.3, 0.4) is 0 Å². The van der Waals surface area contributed by atoms with Crippen molar-refractivity contribution in [2.75, 3.05) is 6.54 Å². The van der Waals surface area contributed by atoms with Gasteiger partial charge in [-0.25, -0.2) is 8.78 Å². The Morgan fingerprint density at radius 3 is 2.36 bits per heavy atom. The van der Waals surface area contributed by atoms with E-state index in [0.29, 0.717) is 47.2 Å². The zero-order valence-electron chi connectivity index (χ0n) is 22.1. The molecule has 0 radical (unpaired) electrons. The fraction of sp³-hybridized carbons (Fsp3) is 0.235. The minimum atomic E-state index is -0.331. The molecule has 0 atom stereocenters. The zero-order chi connectivity index (χ0) is 26.8. The highest BCUT2D eigenvalue weighted by atomic mass is 19.1. The molecule has 4 aromatic carbocycles. The quantitative estimate of drug-likeness (QED) is 0.202. The molecule has 0 unspecified atom stereocenters. The summed E-state index contributed by atoms with van der Waals surface area (Å²) in [6.45, 7) is 3.71. The smallest absolute Gasteiger partial charge is 0.156 e. The minimum Gasteiger partial charge on any atom is -0.489 e. The molecular formula is C34H32F2N2O. The number of benzene rings is 4. The van der Waals surface area contributed by atoms with Crippen LogP contribution in [0.1, 0.15) is 35.1 Å². The fourth-order valence-electron chi connectivity index (χ4n) is 5.15. The van der Waals surface area contributed by atoms with Crippen LogP contribution in [-0.2, 0) is 19.6 Å². The van der Waals surface area contributed by atoms with Crippen LogP contribution in [0.25, 0.3) is 22.2 Å². The van der Waals surface area contributed by atoms with Crippen LogP contribution in [-0.4, -0.2) is 17.2 Å². The second kappa shape index (κ2) is 11.0. The molecule has 1 aromatic heterocycles. The van der Waals surface area contributed by atoms with Gasteiger partial charge in [-0.3, -0.25) is 0 Å². The molecule has 1 saturated carbocycles. The molecular weight excluding hydrogens is 490 g/mol. The molecule has 0 amide bonds. The van der Waals surface area contributed by atoms with Gasteiger partial charge in [0, 0.05) is 23.5 Å². The number of rotatable bonds is 10. The maximum atomic E-state index is 16.2. The first-order chi connectivity index (χ1) is 19.0. The van der Waals surface area contributed by atoms with E-state index in [9.17, 15) is 4.39 Å². The SMILES string of the molecule is Cc1cc(F)ccc1-c1c(F)c2cc(OCc3ccccc3)ccc2n1Cc1ccc(CCNC2CC2)cc1. The van der Waals surface area contributed by atoms with Crippen molar-refractivity contribution in [1.29, 1.82) is 0 Å². The Morgan fingerprint density at radius 1 is 0.846 bits per heavy atom. The van der Waals surface area contributed by atoms with E-state index in [-0.39, 0.29) is 11.6 Å². The Bertz CT molecular complexity index is 1590. The summed E-state index contributed by atoms with van der Waals surface area (Å²) in [6, 6.07) is 29.2. The lowest BCUT2D eigenvalue weighted by molar-refractivity contribution is 0.306. The lowest BCUT2D eigenvalue weighted by Crippen LogP contribution is -2.19. The highest BCUT2D eigenvalue weighted by Crippen LogP contribution is 2.37. The van der Waals surface area contributed by atoms with E-state index in [2.05, 4.69) is 29.6 Å². The number of halogens is 2. The van der Waals surface area contributed by atoms with Gasteiger partial charge in [0.15, 0.2) is 5.82 Å². The van der Waals surface area contributed by atoms with Gasteiger partial charge < -0.3 is 14.6 Å². The number of fused-ring (bicyclic) bond motifs is 1. The normalized spacial score (nSPS) is 13.2. The van der Waals surface area contributed by atoms with E-state index in [0.717, 1.165) is 29.6 Å². The molecule has 0 saturated heterocycles. The van der Waals surface area contributed by atoms with Crippen LogP contribution in [0, 0.1) is 18.6 Å². The van der Waals surface area contributed by atoms with Gasteiger partial charge in [-0.05, 0) is 91.4 Å². The Labute approximate surface area is 228 Å². The predicted octanol–water partition coefficient (Wildman–Crippen LogP) is 7.82. The fourth-order valence-corrected chi connectivity index (χ4v) is 5.15. The van der Waals surface area contributed by atoms with Crippen molar-refractivity contribution in [3.63, 3.8) is 0 Å². The highest BCUT2D eigenvalue weighted by molar-refractivity contribution is 5.90. The second-order valence-corrected chi connectivity index (χ2v) is 10.5. The van der Waals surface area contributed by atoms with E-state index in [1.807, 2.05) is 54.0 Å². The average molecular weight is 523 g/mol. The van der Waals surface area contributed by atoms with Crippen LogP contribution in [0.4, 0.5) is 8.78 Å². The molecule has 1 fully saturated rings. The van der Waals surface area contributed by atoms with Gasteiger partial charge in [0.2, 0.25) is 0 Å². The maximum absolute atomic E-state index is 16.2. The summed E-state index contributed by atoms with van der Waals surface area (Å²) >= 11 is 0. The molecule has 198 valence electrons. The summed E-state index contributed by atoms with van der Waals surface area (Å²) < 4.78 is 38.1. The van der Waals surface area contributed by atoms with E-state index in [4.69, 9.17) is 4.74 Å². The van der Waals surface area contributed by atoms with Gasteiger partial charge in [-0.2, -0.15) is 0 Å². The van der Waals surface area contributed by atoms with Crippen molar-refractivity contribution >= 4 is 10.9 Å². The third kappa shape index (κ3) is 5.74. The molecule has 5 heteroatoms. The number of nitrogens with one attached hydrogen (secondary N) is 1. The molecule has 0 aliphatic heterocycles. The monoisotopic (exact) mass is 522 g/mol. The molecule has 39 heavy (non-hydrogen) atoms. The summed E-state index contributed by atoms with van der Waals surface area (Å²) in [4.78, 5) is 0. The molecule has 1 aliphatic carbocycles. The van der Waals surface area contributed by atoms with Crippen LogP contribution in [0.15, 0.2) is 91.0 Å². The van der Waals surface area contributed by atoms with Crippen molar-refractivity contribution in [3.05, 3.63) is 125 Å². The lowest BCUT2D eigenvalue weighted by atomic mass is 10.0. The molecule has 3 nitrogen and oxygen atoms in total. The van der Waals surface area contributed by atoms with Gasteiger partial charge in [0.25, 0.3) is 0 Å². The van der Waals surface area contributed by atoms with E-state index in [1.54, 1.807) is 12.1 Å². The number of hydrogen-bond donors (Lipinski definition) is 1. The van der Waals surface area contributed by atoms with E-state index >= 15 is 4.39 Å². The largest absolute Gasteiger partial charge is 0.489 e. The zero-order valence-corrected chi connectivity index (χ0v) is 22.1. The third-order valence-electron chi connectivity index (χ3n) is 7.45. The van der Waals surface area contributed by atoms with Gasteiger partial charge in [-0.1, -0.05) is 54.6 Å². The highest BCUT2D eigenvalue weighted by Gasteiger charge is 2.22. The first-order valence-corrected chi connectivity index (χ1v) is 13.6. The molecule has 0 spiro atoms. The average Bonchev–Trinajstić information content (AvgIpc) is 3.74. The van der Waals surface area contributed by atoms with Gasteiger partial charge >= 0.3 is 0 Å². The van der Waals surface area contributed by atoms with E-state index in [1.165, 1.54) is 30.5 Å². The summed E-state index contributed by atoms with van der Waals surface area (Å²) in [6.07, 6.45) is 3.57. The molecule has 6 rings (SSSR count). The topological polar surface area (TPSA) is 26.2 Å². The number of aryl methyl sites for hydroxylation is 1. The van der Waals surface area contributed by atoms with Crippen molar-refractivity contribution in [1.82, 2.24) is 9.88 Å². The first kappa shape index (κ1) is 25.3. The first-order valence-electron chi connectivity index (χ1n) is 13.6. The minimum absolute atomic E-state index is 0.326. The molecule has 1 N–H and O–H groups in total. The van der Waals surface area contributed by atoms with Gasteiger partial charge in [0.1, 0.15) is 18.2 Å². The summed E-state index contributed by atoms with van der Waals surface area (Å²) in [5, 5.41) is 4.05. The van der Waals surface area contributed by atoms with Crippen LogP contribution >= 0.6 is 0 Å². The van der Waals surface area contributed by atoms with Gasteiger partial charge in [0.05, 0.1) is 11.2 Å². The van der Waals surface area contributed by atoms with Crippen molar-refractivity contribution in [2.24, 2.45) is 0 Å². The second-order valence-electron chi connectivity index (χ2n) is 10.5. The Balaban J connectivity index is 1.33. The van der Waals surface area contributed by atoms with Crippen LogP contribution < -0.4 is 10.1 Å². The van der Waals surface area contributed by atoms with Crippen molar-refractivity contribution < 1.29 is 13.5 Å². The number of aromatic nitrogens is 1. The maximum Gasteiger partial charge on any atom is 0.156 e. The van der Waals surface area contributed by atoms with Crippen molar-refractivity contribution in [2.45, 2.75) is 45.4 Å². The Morgan fingerprint density at radius 2 is 1.62 bits per heavy atom. The molecule has 0 bridgehead atoms. The Hall–Kier alpha value is -3.96. The summed E-state index contributed by atoms with van der Waals surface area (Å²) in [7, 11) is 0. The van der Waals surface area contributed by atoms with E-state index < -0.39 is 0 Å². The van der Waals surface area contributed by atoms with Crippen molar-refractivity contribution in [3.8, 4) is 17.0 Å². The summed E-state index contributed by atoms with van der Waals surface area (Å²) in [5.74, 6) is -0.0516. The van der Waals surface area contributed by atoms with Crippen LogP contribution in [0.5, 0.6) is 5.75 Å². The van der Waals surface area contributed by atoms with Crippen LogP contribution in [0.2, 0.25) is 0 Å². The number of ether oxygens (including phenoxy) is 1. The predicted molar refractivity (Wildman–Crippen MR) is 153 cm³/mol. The standard InChI is InChI=1S/C34H32F2N2O/c1-23-19-27(35)11-15-30(23)34-33(36)31-20-29(39-22-26-5-3-2-4-6-26)14-16-32(31)38(34)21-25-9-7-24(8-10-25)17-18-37-28-12-13-28/h2-11,14-16,19-20,28,37H,12-13,17-18,21-22H2,1H3. The molecule has 1 heterocycles. The number of hydrogen-bond acceptors (Lipinski definition) is 2. The lowest BCUT2D eigenvalue weighted by Gasteiger charge is -2.14. The Kier molecular flexibility index (Phi) is 7.16. The molecule has 1 aliphatic rings. The third-order valence-corrected chi connectivity index (χ3v) is 7.45. The summed E-state index contributed by atoms with van der Waals surface area (Å²) in [5.41, 5.74) is 6.01. The molecule has 5 aromatic rings. The number of nitrogens with zero attached hydrogens (tertiary/aromatic N) is 1.